The predicted octanol–water partition coefficient (Wildman–Crippen LogP) is 3.87. The molecule has 1 fully saturated rings. The Morgan fingerprint density at radius 1 is 1.04 bits per heavy atom. The van der Waals surface area contributed by atoms with E-state index >= 15 is 0 Å². The van der Waals surface area contributed by atoms with Gasteiger partial charge in [-0.15, -0.1) is 0 Å². The van der Waals surface area contributed by atoms with E-state index in [4.69, 9.17) is 5.26 Å². The number of benzene rings is 2. The molecule has 25 heavy (non-hydrogen) atoms. The molecule has 2 aromatic carbocycles. The second-order valence-corrected chi connectivity index (χ2v) is 6.70. The molecule has 0 radical (unpaired) electrons. The Kier molecular flexibility index (Phi) is 5.35. The van der Waals surface area contributed by atoms with Crippen LogP contribution in [0.5, 0.6) is 0 Å². The van der Waals surface area contributed by atoms with Crippen LogP contribution in [0.1, 0.15) is 42.4 Å². The number of nitrogens with one attached hydrogen (secondary N) is 2. The first-order valence-electron chi connectivity index (χ1n) is 8.78. The zero-order valence-electron chi connectivity index (χ0n) is 14.3. The van der Waals surface area contributed by atoms with Crippen LogP contribution < -0.4 is 10.6 Å². The molecular formula is C21H23N3O. The zero-order chi connectivity index (χ0) is 17.5. The molecule has 1 saturated carbocycles. The fourth-order valence-corrected chi connectivity index (χ4v) is 3.66. The molecule has 4 nitrogen and oxygen atoms in total. The van der Waals surface area contributed by atoms with Crippen LogP contribution in [0, 0.1) is 11.3 Å². The average molecular weight is 333 g/mol. The van der Waals surface area contributed by atoms with Crippen molar-refractivity contribution in [1.29, 1.82) is 5.26 Å². The average Bonchev–Trinajstić information content (AvgIpc) is 3.16. The highest BCUT2D eigenvalue weighted by atomic mass is 16.2. The van der Waals surface area contributed by atoms with Crippen LogP contribution >= 0.6 is 0 Å². The second kappa shape index (κ2) is 7.85. The molecule has 4 heteroatoms. The van der Waals surface area contributed by atoms with E-state index in [1.54, 1.807) is 12.1 Å². The largest absolute Gasteiger partial charge is 0.337 e. The number of urea groups is 1. The molecule has 1 aliphatic carbocycles. The molecule has 128 valence electrons. The zero-order valence-corrected chi connectivity index (χ0v) is 14.3. The van der Waals surface area contributed by atoms with Crippen LogP contribution in [-0.2, 0) is 12.0 Å². The molecule has 3 rings (SSSR count). The molecule has 0 unspecified atom stereocenters. The van der Waals surface area contributed by atoms with Gasteiger partial charge >= 0.3 is 6.03 Å². The third-order valence-electron chi connectivity index (χ3n) is 5.04. The van der Waals surface area contributed by atoms with E-state index in [9.17, 15) is 4.79 Å². The lowest BCUT2D eigenvalue weighted by atomic mass is 9.79. The summed E-state index contributed by atoms with van der Waals surface area (Å²) in [6, 6.07) is 19.7. The van der Waals surface area contributed by atoms with Gasteiger partial charge in [0, 0.05) is 18.5 Å². The number of carbonyl (C=O) groups is 1. The highest BCUT2D eigenvalue weighted by molar-refractivity contribution is 5.74. The SMILES string of the molecule is N#Cc1cccc(CNC(=O)NCC2(c3ccccc3)CCCC2)c1. The summed E-state index contributed by atoms with van der Waals surface area (Å²) in [4.78, 5) is 12.2. The van der Waals surface area contributed by atoms with Gasteiger partial charge in [0.1, 0.15) is 0 Å². The minimum atomic E-state index is -0.162. The lowest BCUT2D eigenvalue weighted by Crippen LogP contribution is -2.43. The van der Waals surface area contributed by atoms with Crippen molar-refractivity contribution < 1.29 is 4.79 Å². The van der Waals surface area contributed by atoms with Crippen molar-refractivity contribution in [3.63, 3.8) is 0 Å². The lowest BCUT2D eigenvalue weighted by Gasteiger charge is -2.30. The van der Waals surface area contributed by atoms with Gasteiger partial charge in [0.15, 0.2) is 0 Å². The molecule has 0 atom stereocenters. The topological polar surface area (TPSA) is 64.9 Å². The molecule has 0 heterocycles. The Morgan fingerprint density at radius 3 is 2.52 bits per heavy atom. The van der Waals surface area contributed by atoms with Crippen LogP contribution in [0.25, 0.3) is 0 Å². The first-order chi connectivity index (χ1) is 12.2. The third-order valence-corrected chi connectivity index (χ3v) is 5.04. The van der Waals surface area contributed by atoms with E-state index in [-0.39, 0.29) is 11.4 Å². The number of nitrogens with zero attached hydrogens (tertiary/aromatic N) is 1. The van der Waals surface area contributed by atoms with Gasteiger partial charge in [-0.3, -0.25) is 0 Å². The van der Waals surface area contributed by atoms with Crippen molar-refractivity contribution in [3.05, 3.63) is 71.3 Å². The molecule has 2 amide bonds. The smallest absolute Gasteiger partial charge is 0.315 e. The van der Waals surface area contributed by atoms with E-state index in [0.717, 1.165) is 18.4 Å². The van der Waals surface area contributed by atoms with E-state index in [1.807, 2.05) is 18.2 Å². The van der Waals surface area contributed by atoms with Crippen molar-refractivity contribution >= 4 is 6.03 Å². The summed E-state index contributed by atoms with van der Waals surface area (Å²) in [5.74, 6) is 0. The normalized spacial score (nSPS) is 15.3. The Balaban J connectivity index is 1.56. The van der Waals surface area contributed by atoms with Crippen LogP contribution in [0.2, 0.25) is 0 Å². The first kappa shape index (κ1) is 17.0. The van der Waals surface area contributed by atoms with Gasteiger partial charge in [0.25, 0.3) is 0 Å². The predicted molar refractivity (Wildman–Crippen MR) is 98.0 cm³/mol. The molecule has 1 aliphatic rings. The Bertz CT molecular complexity index is 758. The van der Waals surface area contributed by atoms with Gasteiger partial charge in [-0.2, -0.15) is 5.26 Å². The molecule has 0 aliphatic heterocycles. The van der Waals surface area contributed by atoms with Gasteiger partial charge in [0.2, 0.25) is 0 Å². The standard InChI is InChI=1S/C21H23N3O/c22-14-17-7-6-8-18(13-17)15-23-20(25)24-16-21(11-4-5-12-21)19-9-2-1-3-10-19/h1-3,6-10,13H,4-5,11-12,15-16H2,(H2,23,24,25). The summed E-state index contributed by atoms with van der Waals surface area (Å²) >= 11 is 0. The van der Waals surface area contributed by atoms with E-state index in [1.165, 1.54) is 18.4 Å². The third kappa shape index (κ3) is 4.19. The summed E-state index contributed by atoms with van der Waals surface area (Å²) in [7, 11) is 0. The fourth-order valence-electron chi connectivity index (χ4n) is 3.66. The number of carbonyl (C=O) groups excluding carboxylic acids is 1. The quantitative estimate of drug-likeness (QED) is 0.872. The van der Waals surface area contributed by atoms with E-state index in [2.05, 4.69) is 41.0 Å². The van der Waals surface area contributed by atoms with Crippen molar-refractivity contribution in [2.75, 3.05) is 6.54 Å². The monoisotopic (exact) mass is 333 g/mol. The summed E-state index contributed by atoms with van der Waals surface area (Å²) in [5.41, 5.74) is 2.90. The minimum Gasteiger partial charge on any atom is -0.337 e. The number of hydrogen-bond acceptors (Lipinski definition) is 2. The number of rotatable bonds is 5. The van der Waals surface area contributed by atoms with Crippen LogP contribution in [0.3, 0.4) is 0 Å². The van der Waals surface area contributed by atoms with Crippen LogP contribution in [-0.4, -0.2) is 12.6 Å². The number of nitriles is 1. The Labute approximate surface area is 148 Å². The van der Waals surface area contributed by atoms with Gasteiger partial charge in [-0.25, -0.2) is 4.79 Å². The van der Waals surface area contributed by atoms with Crippen molar-refractivity contribution in [1.82, 2.24) is 10.6 Å². The Morgan fingerprint density at radius 2 is 1.80 bits per heavy atom. The van der Waals surface area contributed by atoms with Crippen molar-refractivity contribution in [2.24, 2.45) is 0 Å². The van der Waals surface area contributed by atoms with Crippen LogP contribution in [0.15, 0.2) is 54.6 Å². The first-order valence-corrected chi connectivity index (χ1v) is 8.78. The van der Waals surface area contributed by atoms with E-state index < -0.39 is 0 Å². The summed E-state index contributed by atoms with van der Waals surface area (Å²) in [6.45, 7) is 1.07. The summed E-state index contributed by atoms with van der Waals surface area (Å²) in [6.07, 6.45) is 4.64. The highest BCUT2D eigenvalue weighted by Crippen LogP contribution is 2.40. The Hall–Kier alpha value is -2.80. The van der Waals surface area contributed by atoms with Gasteiger partial charge in [-0.05, 0) is 36.1 Å². The lowest BCUT2D eigenvalue weighted by molar-refractivity contribution is 0.236. The number of hydrogen-bond donors (Lipinski definition) is 2. The highest BCUT2D eigenvalue weighted by Gasteiger charge is 2.35. The van der Waals surface area contributed by atoms with Gasteiger partial charge in [-0.1, -0.05) is 55.3 Å². The second-order valence-electron chi connectivity index (χ2n) is 6.70. The van der Waals surface area contributed by atoms with E-state index in [0.29, 0.717) is 18.7 Å². The summed E-state index contributed by atoms with van der Waals surface area (Å²) in [5, 5.41) is 14.9. The summed E-state index contributed by atoms with van der Waals surface area (Å²) < 4.78 is 0. The van der Waals surface area contributed by atoms with Crippen molar-refractivity contribution in [2.45, 2.75) is 37.6 Å². The molecule has 2 N–H and O–H groups in total. The fraction of sp³-hybridized carbons (Fsp3) is 0.333. The van der Waals surface area contributed by atoms with Crippen LogP contribution in [0.4, 0.5) is 4.79 Å². The molecule has 0 aromatic heterocycles. The van der Waals surface area contributed by atoms with Gasteiger partial charge in [0.05, 0.1) is 11.6 Å². The number of amides is 2. The molecule has 0 spiro atoms. The maximum Gasteiger partial charge on any atom is 0.315 e. The maximum atomic E-state index is 12.2. The van der Waals surface area contributed by atoms with Crippen molar-refractivity contribution in [3.8, 4) is 6.07 Å². The molecule has 2 aromatic rings. The molecule has 0 saturated heterocycles. The molecule has 0 bridgehead atoms. The van der Waals surface area contributed by atoms with Gasteiger partial charge < -0.3 is 10.6 Å². The maximum absolute atomic E-state index is 12.2. The minimum absolute atomic E-state index is 0.0549. The molecular weight excluding hydrogens is 310 g/mol.